The summed E-state index contributed by atoms with van der Waals surface area (Å²) in [5.74, 6) is -1.46. The van der Waals surface area contributed by atoms with Crippen molar-refractivity contribution in [1.29, 1.82) is 0 Å². The summed E-state index contributed by atoms with van der Waals surface area (Å²) in [5, 5.41) is 11.7. The molecule has 2 aromatic carbocycles. The summed E-state index contributed by atoms with van der Waals surface area (Å²) < 4.78 is 0. The zero-order valence-electron chi connectivity index (χ0n) is 18.7. The second-order valence-corrected chi connectivity index (χ2v) is 9.34. The van der Waals surface area contributed by atoms with Crippen LogP contribution in [0.3, 0.4) is 0 Å². The third-order valence-corrected chi connectivity index (χ3v) is 6.64. The average Bonchev–Trinajstić information content (AvgIpc) is 3.23. The van der Waals surface area contributed by atoms with Gasteiger partial charge in [0, 0.05) is 25.5 Å². The first-order valence-electron chi connectivity index (χ1n) is 10.3. The number of amides is 1. The molecule has 164 valence electrons. The highest BCUT2D eigenvalue weighted by molar-refractivity contribution is 7.14. The predicted molar refractivity (Wildman–Crippen MR) is 128 cm³/mol. The number of anilines is 2. The van der Waals surface area contributed by atoms with Crippen molar-refractivity contribution in [3.63, 3.8) is 0 Å². The minimum absolute atomic E-state index is 0.0841. The lowest BCUT2D eigenvalue weighted by Crippen LogP contribution is -2.31. The minimum Gasteiger partial charge on any atom is -0.503 e. The van der Waals surface area contributed by atoms with Crippen LogP contribution in [0.15, 0.2) is 59.9 Å². The number of ketones is 1. The molecule has 1 aliphatic heterocycles. The van der Waals surface area contributed by atoms with Gasteiger partial charge in [0.25, 0.3) is 5.91 Å². The van der Waals surface area contributed by atoms with Crippen LogP contribution in [-0.4, -0.2) is 35.9 Å². The smallest absolute Gasteiger partial charge is 0.294 e. The quantitative estimate of drug-likeness (QED) is 0.562. The van der Waals surface area contributed by atoms with Crippen molar-refractivity contribution in [3.8, 4) is 0 Å². The highest BCUT2D eigenvalue weighted by atomic mass is 32.1. The number of rotatable bonds is 5. The summed E-state index contributed by atoms with van der Waals surface area (Å²) in [5.41, 5.74) is 4.03. The molecule has 0 spiro atoms. The fourth-order valence-corrected chi connectivity index (χ4v) is 4.89. The van der Waals surface area contributed by atoms with Gasteiger partial charge >= 0.3 is 0 Å². The van der Waals surface area contributed by atoms with Gasteiger partial charge in [-0.3, -0.25) is 14.5 Å². The van der Waals surface area contributed by atoms with Gasteiger partial charge < -0.3 is 10.0 Å². The number of carbonyl (C=O) groups excluding carboxylic acids is 2. The van der Waals surface area contributed by atoms with Crippen molar-refractivity contribution in [3.05, 3.63) is 86.6 Å². The maximum absolute atomic E-state index is 13.6. The number of thiazole rings is 1. The molecule has 1 unspecified atom stereocenters. The van der Waals surface area contributed by atoms with E-state index in [1.165, 1.54) is 16.2 Å². The molecule has 4 rings (SSSR count). The summed E-state index contributed by atoms with van der Waals surface area (Å²) in [7, 11) is 3.89. The van der Waals surface area contributed by atoms with Crippen molar-refractivity contribution in [2.24, 2.45) is 0 Å². The number of aliphatic hydroxyl groups is 1. The molecule has 3 aromatic rings. The van der Waals surface area contributed by atoms with Crippen molar-refractivity contribution >= 4 is 34.4 Å². The molecule has 7 heteroatoms. The SMILES string of the molecule is Cc1cccc(N2C(=O)C(O)=C(C(=O)c3sc(C)nc3C)C2c2ccc(N(C)C)cc2)c1. The summed E-state index contributed by atoms with van der Waals surface area (Å²) in [6.07, 6.45) is 0. The van der Waals surface area contributed by atoms with E-state index in [2.05, 4.69) is 4.98 Å². The van der Waals surface area contributed by atoms with Crippen LogP contribution < -0.4 is 9.80 Å². The lowest BCUT2D eigenvalue weighted by atomic mass is 9.94. The third kappa shape index (κ3) is 3.69. The molecule has 6 nitrogen and oxygen atoms in total. The number of nitrogens with zero attached hydrogens (tertiary/aromatic N) is 3. The van der Waals surface area contributed by atoms with Gasteiger partial charge in [-0.25, -0.2) is 4.98 Å². The molecule has 0 saturated heterocycles. The lowest BCUT2D eigenvalue weighted by molar-refractivity contribution is -0.117. The van der Waals surface area contributed by atoms with Crippen LogP contribution in [0.25, 0.3) is 0 Å². The van der Waals surface area contributed by atoms with Gasteiger partial charge in [-0.05, 0) is 56.2 Å². The highest BCUT2D eigenvalue weighted by Gasteiger charge is 2.45. The highest BCUT2D eigenvalue weighted by Crippen LogP contribution is 2.43. The zero-order valence-corrected chi connectivity index (χ0v) is 19.5. The van der Waals surface area contributed by atoms with Gasteiger partial charge in [0.15, 0.2) is 5.76 Å². The Hall–Kier alpha value is -3.45. The molecule has 0 aliphatic carbocycles. The number of aryl methyl sites for hydroxylation is 3. The van der Waals surface area contributed by atoms with Crippen molar-refractivity contribution in [1.82, 2.24) is 4.98 Å². The average molecular weight is 448 g/mol. The molecular weight excluding hydrogens is 422 g/mol. The predicted octanol–water partition coefficient (Wildman–Crippen LogP) is 4.92. The molecular formula is C25H25N3O3S. The first-order valence-corrected chi connectivity index (χ1v) is 11.1. The van der Waals surface area contributed by atoms with Gasteiger partial charge in [-0.2, -0.15) is 0 Å². The van der Waals surface area contributed by atoms with Crippen LogP contribution in [0.5, 0.6) is 0 Å². The van der Waals surface area contributed by atoms with Gasteiger partial charge in [0.05, 0.1) is 27.2 Å². The van der Waals surface area contributed by atoms with Crippen molar-refractivity contribution in [2.75, 3.05) is 23.9 Å². The van der Waals surface area contributed by atoms with Crippen LogP contribution in [0.1, 0.15) is 37.5 Å². The van der Waals surface area contributed by atoms with Crippen LogP contribution in [0.4, 0.5) is 11.4 Å². The van der Waals surface area contributed by atoms with E-state index >= 15 is 0 Å². The van der Waals surface area contributed by atoms with E-state index in [-0.39, 0.29) is 11.4 Å². The van der Waals surface area contributed by atoms with E-state index in [4.69, 9.17) is 0 Å². The fraction of sp³-hybridized carbons (Fsp3) is 0.240. The number of Topliss-reactive ketones (excluding diaryl/α,β-unsaturated/α-hetero) is 1. The molecule has 0 radical (unpaired) electrons. The number of hydrogen-bond donors (Lipinski definition) is 1. The molecule has 2 heterocycles. The summed E-state index contributed by atoms with van der Waals surface area (Å²) in [6.45, 7) is 5.54. The monoisotopic (exact) mass is 447 g/mol. The van der Waals surface area contributed by atoms with Crippen molar-refractivity contribution in [2.45, 2.75) is 26.8 Å². The van der Waals surface area contributed by atoms with Gasteiger partial charge in [0.1, 0.15) is 0 Å². The number of hydrogen-bond acceptors (Lipinski definition) is 6. The van der Waals surface area contributed by atoms with Gasteiger partial charge in [-0.15, -0.1) is 11.3 Å². The Kier molecular flexibility index (Phi) is 5.60. The number of aromatic nitrogens is 1. The second-order valence-electron chi connectivity index (χ2n) is 8.14. The van der Waals surface area contributed by atoms with E-state index in [1.54, 1.807) is 6.92 Å². The van der Waals surface area contributed by atoms with Crippen LogP contribution >= 0.6 is 11.3 Å². The molecule has 1 aliphatic rings. The second kappa shape index (κ2) is 8.24. The number of carbonyl (C=O) groups is 2. The fourth-order valence-electron chi connectivity index (χ4n) is 4.02. The Balaban J connectivity index is 1.89. The van der Waals surface area contributed by atoms with E-state index < -0.39 is 17.7 Å². The van der Waals surface area contributed by atoms with E-state index in [1.807, 2.05) is 81.4 Å². The molecule has 1 atom stereocenters. The molecule has 1 N–H and O–H groups in total. The molecule has 1 aromatic heterocycles. The van der Waals surface area contributed by atoms with E-state index in [9.17, 15) is 14.7 Å². The topological polar surface area (TPSA) is 73.7 Å². The van der Waals surface area contributed by atoms with Gasteiger partial charge in [-0.1, -0.05) is 24.3 Å². The third-order valence-electron chi connectivity index (χ3n) is 5.57. The molecule has 0 fully saturated rings. The maximum Gasteiger partial charge on any atom is 0.294 e. The molecule has 32 heavy (non-hydrogen) atoms. The summed E-state index contributed by atoms with van der Waals surface area (Å²) >= 11 is 1.27. The lowest BCUT2D eigenvalue weighted by Gasteiger charge is -2.27. The van der Waals surface area contributed by atoms with E-state index in [0.717, 1.165) is 21.8 Å². The molecule has 0 saturated carbocycles. The minimum atomic E-state index is -0.741. The standard InChI is InChI=1S/C25H25N3O3S/c1-14-7-6-8-19(13-14)28-21(17-9-11-18(12-10-17)27(4)5)20(23(30)25(28)31)22(29)24-15(2)26-16(3)32-24/h6-13,21,30H,1-5H3. The Bertz CT molecular complexity index is 1240. The van der Waals surface area contributed by atoms with Gasteiger partial charge in [0.2, 0.25) is 5.78 Å². The van der Waals surface area contributed by atoms with Crippen LogP contribution in [-0.2, 0) is 4.79 Å². The Morgan fingerprint density at radius 3 is 2.34 bits per heavy atom. The first kappa shape index (κ1) is 21.8. The molecule has 0 bridgehead atoms. The zero-order chi connectivity index (χ0) is 23.2. The van der Waals surface area contributed by atoms with Crippen LogP contribution in [0, 0.1) is 20.8 Å². The summed E-state index contributed by atoms with van der Waals surface area (Å²) in [6, 6.07) is 14.4. The maximum atomic E-state index is 13.6. The number of aliphatic hydroxyl groups excluding tert-OH is 1. The molecule has 1 amide bonds. The first-order chi connectivity index (χ1) is 15.2. The Morgan fingerprint density at radius 1 is 1.09 bits per heavy atom. The Morgan fingerprint density at radius 2 is 1.78 bits per heavy atom. The normalized spacial score (nSPS) is 16.1. The largest absolute Gasteiger partial charge is 0.503 e. The Labute approximate surface area is 191 Å². The van der Waals surface area contributed by atoms with Crippen molar-refractivity contribution < 1.29 is 14.7 Å². The van der Waals surface area contributed by atoms with E-state index in [0.29, 0.717) is 16.3 Å². The summed E-state index contributed by atoms with van der Waals surface area (Å²) in [4.78, 5) is 35.1. The number of benzene rings is 2. The van der Waals surface area contributed by atoms with Crippen LogP contribution in [0.2, 0.25) is 0 Å².